The highest BCUT2D eigenvalue weighted by molar-refractivity contribution is 6.35. The lowest BCUT2D eigenvalue weighted by Gasteiger charge is -2.17. The molecule has 4 aromatic carbocycles. The van der Waals surface area contributed by atoms with Gasteiger partial charge in [-0.05, 0) is 78.9 Å². The largest absolute Gasteiger partial charge is 0.497 e. The number of rotatable bonds is 11. The van der Waals surface area contributed by atoms with Gasteiger partial charge in [-0.25, -0.2) is 14.5 Å². The maximum Gasteiger partial charge on any atom is 0.340 e. The van der Waals surface area contributed by atoms with Crippen LogP contribution in [0.5, 0.6) is 11.5 Å². The number of ether oxygens (including phenoxy) is 4. The van der Waals surface area contributed by atoms with Crippen LogP contribution in [-0.2, 0) is 9.47 Å². The summed E-state index contributed by atoms with van der Waals surface area (Å²) in [4.78, 5) is 78.3. The number of imide groups is 1. The molecule has 0 N–H and O–H groups in total. The zero-order valence-electron chi connectivity index (χ0n) is 24.1. The van der Waals surface area contributed by atoms with Crippen molar-refractivity contribution in [1.82, 2.24) is 0 Å². The van der Waals surface area contributed by atoms with Gasteiger partial charge in [0.1, 0.15) is 11.5 Å². The molecule has 0 spiro atoms. The van der Waals surface area contributed by atoms with Crippen molar-refractivity contribution < 1.29 is 47.7 Å². The van der Waals surface area contributed by atoms with E-state index in [1.807, 2.05) is 0 Å². The average Bonchev–Trinajstić information content (AvgIpc) is 3.33. The molecule has 0 saturated carbocycles. The molecule has 4 aromatic rings. The van der Waals surface area contributed by atoms with E-state index in [1.54, 1.807) is 24.3 Å². The van der Waals surface area contributed by atoms with E-state index in [0.29, 0.717) is 22.6 Å². The molecule has 226 valence electrons. The zero-order valence-corrected chi connectivity index (χ0v) is 24.1. The number of Topliss-reactive ketones (excluding diaryl/α,β-unsaturated/α-hetero) is 2. The maximum absolute atomic E-state index is 13.4. The Bertz CT molecular complexity index is 1830. The maximum atomic E-state index is 13.4. The van der Waals surface area contributed by atoms with Crippen molar-refractivity contribution in [3.05, 3.63) is 124 Å². The zero-order chi connectivity index (χ0) is 32.1. The van der Waals surface area contributed by atoms with Crippen LogP contribution in [0.15, 0.2) is 91.0 Å². The number of methoxy groups -OCH3 is 2. The minimum Gasteiger partial charge on any atom is -0.497 e. The summed E-state index contributed by atoms with van der Waals surface area (Å²) in [5, 5.41) is 0. The van der Waals surface area contributed by atoms with Crippen LogP contribution in [0.4, 0.5) is 5.69 Å². The van der Waals surface area contributed by atoms with Crippen molar-refractivity contribution in [3.8, 4) is 11.5 Å². The van der Waals surface area contributed by atoms with Crippen molar-refractivity contribution in [1.29, 1.82) is 0 Å². The smallest absolute Gasteiger partial charge is 0.340 e. The Labute approximate surface area is 256 Å². The third kappa shape index (κ3) is 6.32. The summed E-state index contributed by atoms with van der Waals surface area (Å²) in [5.41, 5.74) is 0.306. The van der Waals surface area contributed by atoms with Crippen LogP contribution >= 0.6 is 0 Å². The molecule has 0 aromatic heterocycles. The molecule has 0 radical (unpaired) electrons. The first-order chi connectivity index (χ1) is 21.7. The number of esters is 2. The summed E-state index contributed by atoms with van der Waals surface area (Å²) in [5.74, 6) is -3.09. The number of hydrogen-bond donors (Lipinski definition) is 0. The fourth-order valence-electron chi connectivity index (χ4n) is 4.57. The van der Waals surface area contributed by atoms with E-state index >= 15 is 0 Å². The van der Waals surface area contributed by atoms with Gasteiger partial charge in [-0.15, -0.1) is 0 Å². The van der Waals surface area contributed by atoms with Crippen LogP contribution < -0.4 is 14.4 Å². The molecule has 11 nitrogen and oxygen atoms in total. The highest BCUT2D eigenvalue weighted by Gasteiger charge is 2.39. The molecular weight excluding hydrogens is 582 g/mol. The summed E-state index contributed by atoms with van der Waals surface area (Å²) in [6, 6.07) is 22.1. The number of amides is 2. The number of ketones is 2. The third-order valence-corrected chi connectivity index (χ3v) is 6.98. The molecule has 0 atom stereocenters. The number of nitrogens with zero attached hydrogens (tertiary/aromatic N) is 1. The molecular formula is C34H25NO10. The second-order valence-corrected chi connectivity index (χ2v) is 9.68. The van der Waals surface area contributed by atoms with Crippen molar-refractivity contribution in [3.63, 3.8) is 0 Å². The van der Waals surface area contributed by atoms with Gasteiger partial charge in [-0.1, -0.05) is 12.1 Å². The van der Waals surface area contributed by atoms with E-state index in [9.17, 15) is 28.8 Å². The lowest BCUT2D eigenvalue weighted by molar-refractivity contribution is 0.0472. The molecule has 2 amide bonds. The molecule has 1 heterocycles. The number of benzene rings is 4. The lowest BCUT2D eigenvalue weighted by Crippen LogP contribution is -2.31. The summed E-state index contributed by atoms with van der Waals surface area (Å²) < 4.78 is 20.5. The number of fused-ring (bicyclic) bond motifs is 1. The Hall–Kier alpha value is -6.10. The van der Waals surface area contributed by atoms with Crippen molar-refractivity contribution >= 4 is 41.0 Å². The van der Waals surface area contributed by atoms with Crippen molar-refractivity contribution in [2.75, 3.05) is 32.3 Å². The van der Waals surface area contributed by atoms with E-state index in [4.69, 9.17) is 18.9 Å². The van der Waals surface area contributed by atoms with Crippen molar-refractivity contribution in [2.24, 2.45) is 0 Å². The van der Waals surface area contributed by atoms with Crippen LogP contribution in [0.2, 0.25) is 0 Å². The van der Waals surface area contributed by atoms with Crippen molar-refractivity contribution in [2.45, 2.75) is 0 Å². The fourth-order valence-corrected chi connectivity index (χ4v) is 4.57. The van der Waals surface area contributed by atoms with E-state index in [1.165, 1.54) is 80.9 Å². The predicted octanol–water partition coefficient (Wildman–Crippen LogP) is 4.58. The van der Waals surface area contributed by atoms with E-state index in [-0.39, 0.29) is 27.9 Å². The molecule has 11 heteroatoms. The fraction of sp³-hybridized carbons (Fsp3) is 0.118. The average molecular weight is 608 g/mol. The number of anilines is 1. The van der Waals surface area contributed by atoms with Crippen LogP contribution in [0.3, 0.4) is 0 Å². The van der Waals surface area contributed by atoms with E-state index in [2.05, 4.69) is 0 Å². The van der Waals surface area contributed by atoms with Crippen LogP contribution in [0.1, 0.15) is 62.1 Å². The Morgan fingerprint density at radius 3 is 1.62 bits per heavy atom. The van der Waals surface area contributed by atoms with Gasteiger partial charge in [0.05, 0.1) is 42.2 Å². The minimum absolute atomic E-state index is 0.00344. The standard InChI is InChI=1S/C34H25NO10/c1-42-23-12-7-20(8-13-23)29(36)18-44-33(40)22-11-16-25-27(17-22)32(39)35(31(25)38)28-6-4-3-5-26(28)34(41)45-19-30(37)21-9-14-24(43-2)15-10-21/h3-17H,18-19H2,1-2H3. The van der Waals surface area contributed by atoms with Gasteiger partial charge in [0.25, 0.3) is 11.8 Å². The number of carbonyl (C=O) groups excluding carboxylic acids is 6. The van der Waals surface area contributed by atoms with Gasteiger partial charge in [0, 0.05) is 11.1 Å². The van der Waals surface area contributed by atoms with Crippen LogP contribution in [0.25, 0.3) is 0 Å². The summed E-state index contributed by atoms with van der Waals surface area (Å²) in [6.07, 6.45) is 0. The molecule has 0 aliphatic carbocycles. The summed E-state index contributed by atoms with van der Waals surface area (Å²) in [7, 11) is 2.99. The first-order valence-corrected chi connectivity index (χ1v) is 13.5. The highest BCUT2D eigenvalue weighted by Crippen LogP contribution is 2.32. The monoisotopic (exact) mass is 607 g/mol. The molecule has 0 unspecified atom stereocenters. The van der Waals surface area contributed by atoms with Gasteiger partial charge >= 0.3 is 11.9 Å². The SMILES string of the molecule is COc1ccc(C(=O)COC(=O)c2ccc3c(c2)C(=O)N(c2ccccc2C(=O)OCC(=O)c2ccc(OC)cc2)C3=O)cc1. The van der Waals surface area contributed by atoms with E-state index in [0.717, 1.165) is 4.90 Å². The summed E-state index contributed by atoms with van der Waals surface area (Å²) in [6.45, 7) is -1.12. The normalized spacial score (nSPS) is 11.9. The van der Waals surface area contributed by atoms with Gasteiger partial charge in [-0.2, -0.15) is 0 Å². The topological polar surface area (TPSA) is 143 Å². The van der Waals surface area contributed by atoms with E-state index < -0.39 is 48.5 Å². The molecule has 5 rings (SSSR count). The van der Waals surface area contributed by atoms with Gasteiger partial charge in [0.15, 0.2) is 24.8 Å². The molecule has 0 saturated heterocycles. The number of para-hydroxylation sites is 1. The Kier molecular flexibility index (Phi) is 8.80. The molecule has 0 fully saturated rings. The molecule has 1 aliphatic heterocycles. The quantitative estimate of drug-likeness (QED) is 0.135. The Morgan fingerprint density at radius 1 is 0.578 bits per heavy atom. The van der Waals surface area contributed by atoms with Crippen LogP contribution in [-0.4, -0.2) is 62.8 Å². The summed E-state index contributed by atoms with van der Waals surface area (Å²) >= 11 is 0. The number of hydrogen-bond acceptors (Lipinski definition) is 10. The second-order valence-electron chi connectivity index (χ2n) is 9.68. The first-order valence-electron chi connectivity index (χ1n) is 13.5. The molecule has 45 heavy (non-hydrogen) atoms. The Balaban J connectivity index is 1.28. The second kappa shape index (κ2) is 13.0. The van der Waals surface area contributed by atoms with Gasteiger partial charge < -0.3 is 18.9 Å². The third-order valence-electron chi connectivity index (χ3n) is 6.98. The molecule has 1 aliphatic rings. The minimum atomic E-state index is -0.921. The van der Waals surface area contributed by atoms with Gasteiger partial charge in [0.2, 0.25) is 0 Å². The predicted molar refractivity (Wildman–Crippen MR) is 159 cm³/mol. The highest BCUT2D eigenvalue weighted by atomic mass is 16.5. The molecule has 0 bridgehead atoms. The first kappa shape index (κ1) is 30.4. The van der Waals surface area contributed by atoms with Gasteiger partial charge in [-0.3, -0.25) is 19.2 Å². The lowest BCUT2D eigenvalue weighted by atomic mass is 10.1. The van der Waals surface area contributed by atoms with Crippen LogP contribution in [0, 0.1) is 0 Å². The number of carbonyl (C=O) groups is 6. The Morgan fingerprint density at radius 2 is 1.07 bits per heavy atom.